The summed E-state index contributed by atoms with van der Waals surface area (Å²) in [7, 11) is 0. The predicted octanol–water partition coefficient (Wildman–Crippen LogP) is 3.47. The lowest BCUT2D eigenvalue weighted by molar-refractivity contribution is 0.659. The van der Waals surface area contributed by atoms with Crippen LogP contribution in [0.5, 0.6) is 0 Å². The Labute approximate surface area is 102 Å². The first kappa shape index (κ1) is 11.7. The molecule has 2 rings (SSSR count). The van der Waals surface area contributed by atoms with Gasteiger partial charge in [0.15, 0.2) is 0 Å². The van der Waals surface area contributed by atoms with Crippen LogP contribution in [0.3, 0.4) is 0 Å². The van der Waals surface area contributed by atoms with Gasteiger partial charge in [-0.2, -0.15) is 5.10 Å². The van der Waals surface area contributed by atoms with Gasteiger partial charge in [0.25, 0.3) is 0 Å². The molecule has 1 aromatic carbocycles. The van der Waals surface area contributed by atoms with Crippen LogP contribution in [-0.2, 0) is 6.54 Å². The van der Waals surface area contributed by atoms with Crippen LogP contribution in [0.25, 0.3) is 0 Å². The van der Waals surface area contributed by atoms with Gasteiger partial charge in [-0.3, -0.25) is 4.68 Å². The lowest BCUT2D eigenvalue weighted by Gasteiger charge is -2.17. The second-order valence-corrected chi connectivity index (χ2v) is 4.10. The molecule has 1 aromatic heterocycles. The van der Waals surface area contributed by atoms with Gasteiger partial charge in [-0.25, -0.2) is 0 Å². The third kappa shape index (κ3) is 2.87. The standard InChI is InChI=1S/C14H19N3/c1-3-14(12-8-6-5-7-9-12)16-13-10-15-17(4-2)11-13/h5-11,14,16H,3-4H2,1-2H3. The predicted molar refractivity (Wildman–Crippen MR) is 71.0 cm³/mol. The number of benzene rings is 1. The van der Waals surface area contributed by atoms with Gasteiger partial charge in [0.2, 0.25) is 0 Å². The Kier molecular flexibility index (Phi) is 3.81. The number of nitrogens with zero attached hydrogens (tertiary/aromatic N) is 2. The quantitative estimate of drug-likeness (QED) is 0.850. The molecule has 0 amide bonds. The first-order chi connectivity index (χ1) is 8.33. The average Bonchev–Trinajstić information content (AvgIpc) is 2.84. The van der Waals surface area contributed by atoms with Crippen molar-refractivity contribution in [1.82, 2.24) is 9.78 Å². The van der Waals surface area contributed by atoms with E-state index in [0.717, 1.165) is 18.7 Å². The van der Waals surface area contributed by atoms with Crippen molar-refractivity contribution < 1.29 is 0 Å². The molecule has 0 aliphatic rings. The first-order valence-corrected chi connectivity index (χ1v) is 6.17. The molecule has 0 aliphatic heterocycles. The zero-order valence-corrected chi connectivity index (χ0v) is 10.4. The molecule has 3 heteroatoms. The van der Waals surface area contributed by atoms with Crippen molar-refractivity contribution in [1.29, 1.82) is 0 Å². The monoisotopic (exact) mass is 229 g/mol. The third-order valence-corrected chi connectivity index (χ3v) is 2.91. The maximum absolute atomic E-state index is 4.27. The van der Waals surface area contributed by atoms with Crippen molar-refractivity contribution in [2.45, 2.75) is 32.9 Å². The molecule has 1 heterocycles. The van der Waals surface area contributed by atoms with Gasteiger partial charge in [-0.05, 0) is 18.9 Å². The topological polar surface area (TPSA) is 29.9 Å². The minimum absolute atomic E-state index is 0.353. The number of aromatic nitrogens is 2. The molecule has 90 valence electrons. The molecule has 1 N–H and O–H groups in total. The molecule has 2 aromatic rings. The molecule has 0 spiro atoms. The van der Waals surface area contributed by atoms with E-state index in [2.05, 4.69) is 48.5 Å². The van der Waals surface area contributed by atoms with E-state index in [4.69, 9.17) is 0 Å². The maximum atomic E-state index is 4.27. The Bertz CT molecular complexity index is 448. The van der Waals surface area contributed by atoms with Crippen molar-refractivity contribution in [2.24, 2.45) is 0 Å². The Balaban J connectivity index is 2.10. The van der Waals surface area contributed by atoms with E-state index < -0.39 is 0 Å². The van der Waals surface area contributed by atoms with E-state index in [1.807, 2.05) is 23.1 Å². The Morgan fingerprint density at radius 3 is 2.59 bits per heavy atom. The van der Waals surface area contributed by atoms with Crippen LogP contribution in [0.4, 0.5) is 5.69 Å². The zero-order valence-electron chi connectivity index (χ0n) is 10.4. The van der Waals surface area contributed by atoms with E-state index in [-0.39, 0.29) is 0 Å². The largest absolute Gasteiger partial charge is 0.376 e. The number of anilines is 1. The van der Waals surface area contributed by atoms with Crippen LogP contribution in [0.2, 0.25) is 0 Å². The van der Waals surface area contributed by atoms with Crippen LogP contribution < -0.4 is 5.32 Å². The van der Waals surface area contributed by atoms with Gasteiger partial charge in [-0.15, -0.1) is 0 Å². The zero-order chi connectivity index (χ0) is 12.1. The van der Waals surface area contributed by atoms with Crippen molar-refractivity contribution >= 4 is 5.69 Å². The SMILES string of the molecule is CCC(Nc1cnn(CC)c1)c1ccccc1. The smallest absolute Gasteiger partial charge is 0.0731 e. The number of nitrogens with one attached hydrogen (secondary N) is 1. The van der Waals surface area contributed by atoms with Crippen LogP contribution >= 0.6 is 0 Å². The molecule has 1 unspecified atom stereocenters. The molecule has 0 bridgehead atoms. The fraction of sp³-hybridized carbons (Fsp3) is 0.357. The summed E-state index contributed by atoms with van der Waals surface area (Å²) in [5.74, 6) is 0. The Morgan fingerprint density at radius 1 is 1.24 bits per heavy atom. The highest BCUT2D eigenvalue weighted by Crippen LogP contribution is 2.21. The maximum Gasteiger partial charge on any atom is 0.0731 e. The third-order valence-electron chi connectivity index (χ3n) is 2.91. The number of hydrogen-bond acceptors (Lipinski definition) is 2. The van der Waals surface area contributed by atoms with Crippen LogP contribution in [-0.4, -0.2) is 9.78 Å². The van der Waals surface area contributed by atoms with E-state index in [9.17, 15) is 0 Å². The van der Waals surface area contributed by atoms with Crippen molar-refractivity contribution in [2.75, 3.05) is 5.32 Å². The highest BCUT2D eigenvalue weighted by molar-refractivity contribution is 5.41. The van der Waals surface area contributed by atoms with E-state index in [1.54, 1.807) is 0 Å². The molecule has 0 fully saturated rings. The van der Waals surface area contributed by atoms with Crippen molar-refractivity contribution in [3.05, 3.63) is 48.3 Å². The van der Waals surface area contributed by atoms with Gasteiger partial charge in [-0.1, -0.05) is 37.3 Å². The first-order valence-electron chi connectivity index (χ1n) is 6.17. The van der Waals surface area contributed by atoms with Crippen LogP contribution in [0.15, 0.2) is 42.7 Å². The van der Waals surface area contributed by atoms with E-state index >= 15 is 0 Å². The Morgan fingerprint density at radius 2 is 2.00 bits per heavy atom. The summed E-state index contributed by atoms with van der Waals surface area (Å²) in [6.07, 6.45) is 4.99. The molecule has 0 aliphatic carbocycles. The van der Waals surface area contributed by atoms with Crippen molar-refractivity contribution in [3.63, 3.8) is 0 Å². The molecule has 1 atom stereocenters. The summed E-state index contributed by atoms with van der Waals surface area (Å²) in [4.78, 5) is 0. The lowest BCUT2D eigenvalue weighted by Crippen LogP contribution is -2.08. The Hall–Kier alpha value is -1.77. The highest BCUT2D eigenvalue weighted by atomic mass is 15.3. The molecule has 3 nitrogen and oxygen atoms in total. The normalized spacial score (nSPS) is 12.4. The average molecular weight is 229 g/mol. The molecule has 0 radical (unpaired) electrons. The van der Waals surface area contributed by atoms with Gasteiger partial charge in [0, 0.05) is 12.7 Å². The summed E-state index contributed by atoms with van der Waals surface area (Å²) in [6.45, 7) is 5.18. The number of aryl methyl sites for hydroxylation is 1. The van der Waals surface area contributed by atoms with E-state index in [1.165, 1.54) is 5.56 Å². The minimum Gasteiger partial charge on any atom is -0.376 e. The summed E-state index contributed by atoms with van der Waals surface area (Å²) < 4.78 is 1.93. The lowest BCUT2D eigenvalue weighted by atomic mass is 10.0. The number of hydrogen-bond donors (Lipinski definition) is 1. The number of rotatable bonds is 5. The summed E-state index contributed by atoms with van der Waals surface area (Å²) >= 11 is 0. The highest BCUT2D eigenvalue weighted by Gasteiger charge is 2.09. The fourth-order valence-corrected chi connectivity index (χ4v) is 1.92. The van der Waals surface area contributed by atoms with Crippen LogP contribution in [0.1, 0.15) is 31.9 Å². The molecule has 0 saturated carbocycles. The van der Waals surface area contributed by atoms with Gasteiger partial charge < -0.3 is 5.32 Å². The van der Waals surface area contributed by atoms with Gasteiger partial charge in [0.05, 0.1) is 17.9 Å². The summed E-state index contributed by atoms with van der Waals surface area (Å²) in [6, 6.07) is 10.9. The molecule has 17 heavy (non-hydrogen) atoms. The van der Waals surface area contributed by atoms with E-state index in [0.29, 0.717) is 6.04 Å². The second kappa shape index (κ2) is 5.53. The van der Waals surface area contributed by atoms with Gasteiger partial charge in [0.1, 0.15) is 0 Å². The summed E-state index contributed by atoms with van der Waals surface area (Å²) in [5.41, 5.74) is 2.40. The second-order valence-electron chi connectivity index (χ2n) is 4.10. The van der Waals surface area contributed by atoms with Crippen LogP contribution in [0, 0.1) is 0 Å². The van der Waals surface area contributed by atoms with Gasteiger partial charge >= 0.3 is 0 Å². The molecular formula is C14H19N3. The minimum atomic E-state index is 0.353. The molecule has 0 saturated heterocycles. The summed E-state index contributed by atoms with van der Waals surface area (Å²) in [5, 5.41) is 7.79. The van der Waals surface area contributed by atoms with Crippen molar-refractivity contribution in [3.8, 4) is 0 Å². The molecular weight excluding hydrogens is 210 g/mol. The fourth-order valence-electron chi connectivity index (χ4n) is 1.92.